The number of rotatable bonds is 22. The molecule has 10 heterocycles. The standard InChI is InChI=1S/C36H33FN4O5S.C21H23FN4O3S.C21H29N3O3SSi.C17H20BrN3O4S.C10H14BrN3O2/c1-3-24-19-31-32(41(24)47(44,45)25-14-12-22(2)13-15-25)16-17-34(38-31)39-35(42)33-18-23(37)20-40(33)36(43)46-21-30-28-10-6-4-8-26(28)27-9-5-7-11-29(27)30;1-3-15-11-17-19(26(15)30(28,29)16-6-4-13(2)5-7-16)8-9-20(24-17)25-21(27)18-10-14(22)12-23-18;1-15-7-9-17(10-8-15)28(25,26)24-16(14-27-29(5,6)21(2,3)4)13-18-19(24)11-12-20(22)23-18;1-11-5-7-12(8-6-11)26(23,24)21-13-9-10-14(19-15(13)18)20-16(22)25-17(2,3)4;1-10(2,3)16-9(15)14-7-5-4-6(12)8(11)13-7/h4-17,19,23,30,33H,3,18,20-21H2,1-2H3,(H,38,39,42);4-9,11,14,18,23H,3,10,12H2,1-2H3,(H,24,25,27);7-13H,14H2,1-6H3,(H2,22,23);5-10,21H,1-4H3,(H,19,20,22);4-5H,12H2,1-3H3,(H,13,14,15)/t23-,33-;14-,18-;;;/m11.../s1. The first kappa shape index (κ1) is 112. The molecule has 148 heavy (non-hydrogen) atoms. The number of fused-ring (bicyclic) bond motifs is 6. The molecule has 8 aromatic heterocycles. The Morgan fingerprint density at radius 3 is 1.30 bits per heavy atom. The van der Waals surface area contributed by atoms with Crippen LogP contribution < -0.4 is 42.8 Å². The normalized spacial score (nSPS) is 15.3. The van der Waals surface area contributed by atoms with E-state index in [9.17, 15) is 66.4 Å². The van der Waals surface area contributed by atoms with Gasteiger partial charge in [0.2, 0.25) is 11.8 Å². The number of nitrogens with two attached hydrogens (primary N) is 2. The van der Waals surface area contributed by atoms with E-state index in [1.165, 1.54) is 42.2 Å². The lowest BCUT2D eigenvalue weighted by molar-refractivity contribution is -0.120. The Labute approximate surface area is 877 Å². The zero-order chi connectivity index (χ0) is 108. The summed E-state index contributed by atoms with van der Waals surface area (Å²) in [5.74, 6) is 0.277. The molecule has 0 unspecified atom stereocenters. The smallest absolute Gasteiger partial charge is 0.413 e. The number of hydrogen-bond acceptors (Lipinski definition) is 25. The molecule has 17 rings (SSSR count). The highest BCUT2D eigenvalue weighted by Crippen LogP contribution is 2.46. The lowest BCUT2D eigenvalue weighted by Gasteiger charge is -2.36. The number of alkyl halides is 2. The molecule has 2 saturated heterocycles. The number of hydrogen-bond donors (Lipinski definition) is 8. The average molecular weight is 2250 g/mol. The predicted molar refractivity (Wildman–Crippen MR) is 579 cm³/mol. The van der Waals surface area contributed by atoms with Crippen molar-refractivity contribution in [2.24, 2.45) is 0 Å². The zero-order valence-corrected chi connectivity index (χ0v) is 92.1. The fourth-order valence-electron chi connectivity index (χ4n) is 15.9. The number of likely N-dealkylation sites (tertiary alicyclic amines) is 1. The number of nitrogens with zero attached hydrogens (tertiary/aromatic N) is 9. The summed E-state index contributed by atoms with van der Waals surface area (Å²) in [5.41, 5.74) is 23.5. The molecule has 0 spiro atoms. The van der Waals surface area contributed by atoms with E-state index in [0.717, 1.165) is 49.4 Å². The first-order valence-electron chi connectivity index (χ1n) is 47.3. The minimum Gasteiger partial charge on any atom is -0.448 e. The summed E-state index contributed by atoms with van der Waals surface area (Å²) < 4.78 is 163. The Kier molecular flexibility index (Phi) is 34.6. The van der Waals surface area contributed by atoms with Crippen LogP contribution in [0.25, 0.3) is 44.2 Å². The average Bonchev–Trinajstić information content (AvgIpc) is 1.60. The minimum atomic E-state index is -3.91. The molecule has 5 amide bonds. The van der Waals surface area contributed by atoms with Gasteiger partial charge in [-0.2, -0.15) is 0 Å². The van der Waals surface area contributed by atoms with Crippen molar-refractivity contribution in [3.63, 3.8) is 0 Å². The second-order valence-electron chi connectivity index (χ2n) is 39.1. The Balaban J connectivity index is 0.000000161. The minimum absolute atomic E-state index is 0.0162. The molecule has 0 bridgehead atoms. The molecule has 782 valence electrons. The van der Waals surface area contributed by atoms with Crippen molar-refractivity contribution in [1.82, 2.24) is 47.1 Å². The van der Waals surface area contributed by atoms with Crippen LogP contribution in [-0.2, 0) is 87.8 Å². The largest absolute Gasteiger partial charge is 0.448 e. The lowest BCUT2D eigenvalue weighted by atomic mass is 9.98. The van der Waals surface area contributed by atoms with Gasteiger partial charge in [-0.15, -0.1) is 0 Å². The van der Waals surface area contributed by atoms with Crippen molar-refractivity contribution in [3.05, 3.63) is 284 Å². The molecule has 34 nitrogen and oxygen atoms in total. The number of pyridine rings is 5. The van der Waals surface area contributed by atoms with Gasteiger partial charge in [0, 0.05) is 36.7 Å². The van der Waals surface area contributed by atoms with Crippen molar-refractivity contribution >= 4 is 184 Å². The number of sulfonamides is 1. The highest BCUT2D eigenvalue weighted by molar-refractivity contribution is 9.10. The second-order valence-corrected chi connectivity index (χ2v) is 52.5. The summed E-state index contributed by atoms with van der Waals surface area (Å²) >= 11 is 6.37. The number of halogens is 4. The molecule has 2 aliphatic heterocycles. The van der Waals surface area contributed by atoms with E-state index < -0.39 is 108 Å². The van der Waals surface area contributed by atoms with E-state index in [4.69, 9.17) is 30.1 Å². The van der Waals surface area contributed by atoms with Gasteiger partial charge in [0.05, 0.1) is 88.9 Å². The van der Waals surface area contributed by atoms with Gasteiger partial charge in [-0.1, -0.05) is 154 Å². The maximum absolute atomic E-state index is 14.7. The number of ether oxygens (including phenoxy) is 3. The quantitative estimate of drug-likeness (QED) is 0.0177. The van der Waals surface area contributed by atoms with E-state index in [2.05, 4.69) is 122 Å². The van der Waals surface area contributed by atoms with E-state index in [-0.39, 0.29) is 97.5 Å². The number of nitrogens with one attached hydrogen (secondary N) is 6. The predicted octanol–water partition coefficient (Wildman–Crippen LogP) is 21.0. The Morgan fingerprint density at radius 1 is 0.473 bits per heavy atom. The summed E-state index contributed by atoms with van der Waals surface area (Å²) in [4.78, 5) is 85.5. The summed E-state index contributed by atoms with van der Waals surface area (Å²) in [6.45, 7) is 32.8. The van der Waals surface area contributed by atoms with Crippen LogP contribution >= 0.6 is 31.9 Å². The lowest BCUT2D eigenvalue weighted by Crippen LogP contribution is -2.43. The molecule has 0 saturated carbocycles. The molecular weight excluding hydrogens is 2130 g/mol. The van der Waals surface area contributed by atoms with Gasteiger partial charge >= 0.3 is 18.3 Å². The summed E-state index contributed by atoms with van der Waals surface area (Å²) in [7, 11) is -17.3. The molecule has 2 fully saturated rings. The Morgan fingerprint density at radius 2 is 0.872 bits per heavy atom. The fourth-order valence-corrected chi connectivity index (χ4v) is 23.5. The molecule has 43 heteroatoms. The second kappa shape index (κ2) is 45.7. The highest BCUT2D eigenvalue weighted by Gasteiger charge is 2.43. The number of carbonyl (C=O) groups excluding carboxylic acids is 5. The zero-order valence-electron chi connectivity index (χ0n) is 84.7. The van der Waals surface area contributed by atoms with Gasteiger partial charge in [0.1, 0.15) is 74.5 Å². The van der Waals surface area contributed by atoms with Crippen molar-refractivity contribution in [3.8, 4) is 11.1 Å². The van der Waals surface area contributed by atoms with Crippen molar-refractivity contribution in [2.75, 3.05) is 57.2 Å². The first-order valence-corrected chi connectivity index (χ1v) is 57.6. The molecule has 14 aromatic rings. The van der Waals surface area contributed by atoms with Gasteiger partial charge in [0.25, 0.3) is 40.1 Å². The summed E-state index contributed by atoms with van der Waals surface area (Å²) in [6.07, 6.45) is -3.52. The summed E-state index contributed by atoms with van der Waals surface area (Å²) in [5, 5.41) is 13.2. The number of nitrogen functional groups attached to an aromatic ring is 2. The van der Waals surface area contributed by atoms with Crippen LogP contribution in [0.2, 0.25) is 18.1 Å². The first-order chi connectivity index (χ1) is 69.5. The third-order valence-electron chi connectivity index (χ3n) is 24.4. The van der Waals surface area contributed by atoms with Crippen LogP contribution in [0.15, 0.2) is 253 Å². The number of aryl methyl sites for hydroxylation is 6. The van der Waals surface area contributed by atoms with E-state index in [0.29, 0.717) is 90.8 Å². The van der Waals surface area contributed by atoms with E-state index in [1.807, 2.05) is 90.1 Å². The van der Waals surface area contributed by atoms with Crippen molar-refractivity contribution < 1.29 is 85.1 Å². The highest BCUT2D eigenvalue weighted by atomic mass is 79.9. The molecule has 10 N–H and O–H groups in total. The molecule has 4 atom stereocenters. The number of amides is 5. The van der Waals surface area contributed by atoms with E-state index in [1.54, 1.807) is 187 Å². The number of benzene rings is 6. The summed E-state index contributed by atoms with van der Waals surface area (Å²) in [6, 6.07) is 61.8. The van der Waals surface area contributed by atoms with Crippen LogP contribution in [-0.4, -0.2) is 169 Å². The Hall–Kier alpha value is -13.4. The SMILES string of the molecule is CC(C)(C)OC(=O)Nc1ccc(N)c(Br)n1.CCc1cc2nc(NC(=O)[C@H]3C[C@@H](F)CN3)ccc2n1S(=O)(=O)c1ccc(C)cc1.CCc1cc2nc(NC(=O)[C@H]3C[C@@H](F)CN3C(=O)OCC3c4ccccc4-c4ccccc43)ccc2n1S(=O)(=O)c1ccc(C)cc1.Cc1ccc(S(=O)(=O)Nc2ccc(NC(=O)OC(C)(C)C)nc2Br)cc1.Cc1ccc(S(=O)(=O)n2c(CO[Si](C)(C)C(C)(C)C)cc3nc(N)ccc32)cc1. The maximum Gasteiger partial charge on any atom is 0.413 e. The fraction of sp³-hybridized carbons (Fsp3) is 0.314. The third-order valence-corrected chi connectivity index (χ3v) is 36.9. The van der Waals surface area contributed by atoms with Crippen LogP contribution in [0.1, 0.15) is 145 Å². The Bertz CT molecular complexity index is 7760. The monoisotopic (exact) mass is 2240 g/mol. The van der Waals surface area contributed by atoms with Gasteiger partial charge in [0.15, 0.2) is 8.32 Å². The number of carbonyl (C=O) groups is 5. The van der Waals surface area contributed by atoms with Gasteiger partial charge in [-0.05, 0) is 282 Å². The van der Waals surface area contributed by atoms with Gasteiger partial charge in [-0.25, -0.2) is 93.7 Å². The van der Waals surface area contributed by atoms with Crippen molar-refractivity contribution in [1.29, 1.82) is 0 Å². The van der Waals surface area contributed by atoms with E-state index >= 15 is 0 Å². The van der Waals surface area contributed by atoms with Gasteiger partial charge < -0.3 is 46.1 Å². The van der Waals surface area contributed by atoms with Crippen LogP contribution in [0, 0.1) is 27.7 Å². The van der Waals surface area contributed by atoms with Crippen LogP contribution in [0.4, 0.5) is 63.6 Å². The molecule has 3 aliphatic rings. The maximum atomic E-state index is 14.7. The third kappa shape index (κ3) is 27.0. The van der Waals surface area contributed by atoms with Gasteiger partial charge in [-0.3, -0.25) is 29.8 Å². The molecular formula is C105H119Br2F2N17O17S4Si. The molecule has 0 radical (unpaired) electrons. The van der Waals surface area contributed by atoms with Crippen LogP contribution in [0.3, 0.4) is 0 Å². The number of aromatic nitrogens is 8. The number of anilines is 7. The molecule has 6 aromatic carbocycles. The topological polar surface area (TPSA) is 466 Å². The van der Waals surface area contributed by atoms with Crippen LogP contribution in [0.5, 0.6) is 0 Å². The van der Waals surface area contributed by atoms with Crippen molar-refractivity contribution in [2.45, 2.75) is 215 Å². The molecule has 1 aliphatic carbocycles.